The second-order valence-electron chi connectivity index (χ2n) is 7.50. The highest BCUT2D eigenvalue weighted by Gasteiger charge is 2.24. The molecule has 0 saturated heterocycles. The monoisotopic (exact) mass is 495 g/mol. The normalized spacial score (nSPS) is 14.2. The molecule has 1 aromatic heterocycles. The Morgan fingerprint density at radius 3 is 2.68 bits per heavy atom. The van der Waals surface area contributed by atoms with Gasteiger partial charge in [0.2, 0.25) is 5.91 Å². The number of rotatable bonds is 6. The van der Waals surface area contributed by atoms with Gasteiger partial charge in [-0.05, 0) is 43.2 Å². The van der Waals surface area contributed by atoms with E-state index < -0.39 is 0 Å². The predicted molar refractivity (Wildman–Crippen MR) is 126 cm³/mol. The molecule has 6 nitrogen and oxygen atoms in total. The minimum absolute atomic E-state index is 0.136. The smallest absolute Gasteiger partial charge is 0.234 e. The molecule has 1 amide bonds. The van der Waals surface area contributed by atoms with Crippen LogP contribution >= 0.6 is 27.7 Å². The number of carbonyl (C=O) groups excluding carboxylic acids is 1. The lowest BCUT2D eigenvalue weighted by molar-refractivity contribution is -0.113. The van der Waals surface area contributed by atoms with Crippen molar-refractivity contribution in [3.63, 3.8) is 0 Å². The fourth-order valence-corrected chi connectivity index (χ4v) is 4.90. The van der Waals surface area contributed by atoms with Crippen molar-refractivity contribution in [2.45, 2.75) is 43.3 Å². The topological polar surface area (TPSA) is 83.6 Å². The summed E-state index contributed by atoms with van der Waals surface area (Å²) in [6.45, 7) is 0. The molecular weight excluding hydrogens is 474 g/mol. The molecule has 1 saturated carbocycles. The highest BCUT2D eigenvalue weighted by molar-refractivity contribution is 9.10. The van der Waals surface area contributed by atoms with Crippen molar-refractivity contribution in [3.05, 3.63) is 58.6 Å². The van der Waals surface area contributed by atoms with E-state index in [9.17, 15) is 4.79 Å². The molecule has 0 bridgehead atoms. The van der Waals surface area contributed by atoms with Gasteiger partial charge in [0, 0.05) is 21.8 Å². The first-order valence-electron chi connectivity index (χ1n) is 10.3. The zero-order valence-electron chi connectivity index (χ0n) is 16.9. The van der Waals surface area contributed by atoms with Crippen LogP contribution in [0.4, 0.5) is 5.69 Å². The molecule has 4 rings (SSSR count). The van der Waals surface area contributed by atoms with Crippen LogP contribution in [0.5, 0.6) is 0 Å². The van der Waals surface area contributed by atoms with Crippen LogP contribution < -0.4 is 5.32 Å². The first-order chi connectivity index (χ1) is 15.1. The predicted octanol–water partition coefficient (Wildman–Crippen LogP) is 5.82. The summed E-state index contributed by atoms with van der Waals surface area (Å²) in [7, 11) is 0. The summed E-state index contributed by atoms with van der Waals surface area (Å²) in [5, 5.41) is 21.6. The lowest BCUT2D eigenvalue weighted by Crippen LogP contribution is -2.17. The second-order valence-corrected chi connectivity index (χ2v) is 9.36. The number of nitrogens with zero attached hydrogens (tertiary/aromatic N) is 4. The largest absolute Gasteiger partial charge is 0.325 e. The number of amides is 1. The molecule has 158 valence electrons. The summed E-state index contributed by atoms with van der Waals surface area (Å²) >= 11 is 4.89. The van der Waals surface area contributed by atoms with E-state index in [4.69, 9.17) is 5.26 Å². The standard InChI is InChI=1S/C23H22BrN5OS/c24-18-11-9-17(10-12-18)22-27-28-23(29(22)20-7-2-1-3-8-20)31-15-21(30)26-19-6-4-5-16(13-19)14-25/h4-6,9-13,20H,1-3,7-8,15H2,(H,26,30). The summed E-state index contributed by atoms with van der Waals surface area (Å²) in [6.07, 6.45) is 5.86. The maximum atomic E-state index is 12.5. The van der Waals surface area contributed by atoms with Gasteiger partial charge in [-0.25, -0.2) is 0 Å². The third kappa shape index (κ3) is 5.35. The van der Waals surface area contributed by atoms with Crippen LogP contribution in [0.15, 0.2) is 58.2 Å². The van der Waals surface area contributed by atoms with Crippen LogP contribution in [0.3, 0.4) is 0 Å². The molecule has 0 aliphatic heterocycles. The summed E-state index contributed by atoms with van der Waals surface area (Å²) < 4.78 is 3.24. The molecule has 3 aromatic rings. The number of hydrogen-bond donors (Lipinski definition) is 1. The van der Waals surface area contributed by atoms with E-state index in [2.05, 4.69) is 42.1 Å². The van der Waals surface area contributed by atoms with Gasteiger partial charge in [-0.2, -0.15) is 5.26 Å². The number of nitrogens with one attached hydrogen (secondary N) is 1. The van der Waals surface area contributed by atoms with E-state index >= 15 is 0 Å². The van der Waals surface area contributed by atoms with Crippen molar-refractivity contribution in [2.24, 2.45) is 0 Å². The molecule has 1 aliphatic carbocycles. The maximum absolute atomic E-state index is 12.5. The molecule has 0 unspecified atom stereocenters. The number of hydrogen-bond acceptors (Lipinski definition) is 5. The third-order valence-electron chi connectivity index (χ3n) is 5.31. The van der Waals surface area contributed by atoms with Crippen LogP contribution in [-0.4, -0.2) is 26.4 Å². The summed E-state index contributed by atoms with van der Waals surface area (Å²) in [5.74, 6) is 0.939. The highest BCUT2D eigenvalue weighted by Crippen LogP contribution is 2.35. The Labute approximate surface area is 194 Å². The quantitative estimate of drug-likeness (QED) is 0.435. The van der Waals surface area contributed by atoms with Gasteiger partial charge in [0.1, 0.15) is 0 Å². The zero-order chi connectivity index (χ0) is 21.6. The number of nitriles is 1. The molecular formula is C23H22BrN5OS. The van der Waals surface area contributed by atoms with E-state index in [1.807, 2.05) is 24.3 Å². The number of carbonyl (C=O) groups is 1. The zero-order valence-corrected chi connectivity index (χ0v) is 19.3. The van der Waals surface area contributed by atoms with Crippen LogP contribution in [0, 0.1) is 11.3 Å². The maximum Gasteiger partial charge on any atom is 0.234 e. The van der Waals surface area contributed by atoms with Gasteiger partial charge in [-0.1, -0.05) is 65.2 Å². The van der Waals surface area contributed by atoms with E-state index in [1.165, 1.54) is 31.0 Å². The number of anilines is 1. The van der Waals surface area contributed by atoms with Crippen LogP contribution in [0.2, 0.25) is 0 Å². The van der Waals surface area contributed by atoms with Gasteiger partial charge in [0.15, 0.2) is 11.0 Å². The molecule has 0 spiro atoms. The Balaban J connectivity index is 1.52. The molecule has 1 heterocycles. The van der Waals surface area contributed by atoms with E-state index in [0.717, 1.165) is 33.9 Å². The Morgan fingerprint density at radius 1 is 1.16 bits per heavy atom. The minimum atomic E-state index is -0.136. The third-order valence-corrected chi connectivity index (χ3v) is 6.79. The Hall–Kier alpha value is -2.63. The SMILES string of the molecule is N#Cc1cccc(NC(=O)CSc2nnc(-c3ccc(Br)cc3)n2C2CCCCC2)c1. The molecule has 1 fully saturated rings. The van der Waals surface area contributed by atoms with Crippen LogP contribution in [0.25, 0.3) is 11.4 Å². The summed E-state index contributed by atoms with van der Waals surface area (Å²) in [5.41, 5.74) is 2.15. The van der Waals surface area contributed by atoms with Gasteiger partial charge in [-0.3, -0.25) is 9.36 Å². The fraction of sp³-hybridized carbons (Fsp3) is 0.304. The number of halogens is 1. The van der Waals surface area contributed by atoms with Gasteiger partial charge in [-0.15, -0.1) is 10.2 Å². The van der Waals surface area contributed by atoms with E-state index in [0.29, 0.717) is 17.3 Å². The fourth-order valence-electron chi connectivity index (χ4n) is 3.83. The van der Waals surface area contributed by atoms with Gasteiger partial charge in [0.05, 0.1) is 17.4 Å². The van der Waals surface area contributed by atoms with Crippen molar-refractivity contribution in [1.82, 2.24) is 14.8 Å². The number of aromatic nitrogens is 3. The molecule has 0 radical (unpaired) electrons. The Bertz CT molecular complexity index is 1100. The lowest BCUT2D eigenvalue weighted by atomic mass is 9.95. The van der Waals surface area contributed by atoms with Crippen molar-refractivity contribution in [3.8, 4) is 17.5 Å². The van der Waals surface area contributed by atoms with Gasteiger partial charge in [0.25, 0.3) is 0 Å². The second kappa shape index (κ2) is 10.1. The van der Waals surface area contributed by atoms with Gasteiger partial charge < -0.3 is 5.32 Å². The number of thioether (sulfide) groups is 1. The Morgan fingerprint density at radius 2 is 1.94 bits per heavy atom. The average molecular weight is 496 g/mol. The van der Waals surface area contributed by atoms with Crippen molar-refractivity contribution in [1.29, 1.82) is 5.26 Å². The van der Waals surface area contributed by atoms with Crippen LogP contribution in [-0.2, 0) is 4.79 Å². The molecule has 2 aromatic carbocycles. The first-order valence-corrected chi connectivity index (χ1v) is 12.1. The van der Waals surface area contributed by atoms with Crippen molar-refractivity contribution < 1.29 is 4.79 Å². The van der Waals surface area contributed by atoms with E-state index in [1.54, 1.807) is 24.3 Å². The highest BCUT2D eigenvalue weighted by atomic mass is 79.9. The minimum Gasteiger partial charge on any atom is -0.325 e. The lowest BCUT2D eigenvalue weighted by Gasteiger charge is -2.25. The summed E-state index contributed by atoms with van der Waals surface area (Å²) in [4.78, 5) is 12.5. The number of benzene rings is 2. The van der Waals surface area contributed by atoms with E-state index in [-0.39, 0.29) is 11.7 Å². The van der Waals surface area contributed by atoms with Crippen LogP contribution in [0.1, 0.15) is 43.7 Å². The van der Waals surface area contributed by atoms with Crippen molar-refractivity contribution in [2.75, 3.05) is 11.1 Å². The molecule has 0 atom stereocenters. The molecule has 31 heavy (non-hydrogen) atoms. The molecule has 8 heteroatoms. The summed E-state index contributed by atoms with van der Waals surface area (Å²) in [6, 6.07) is 17.4. The first kappa shape index (κ1) is 21.6. The Kier molecular flexibility index (Phi) is 7.05. The average Bonchev–Trinajstić information content (AvgIpc) is 3.23. The van der Waals surface area contributed by atoms with Gasteiger partial charge >= 0.3 is 0 Å². The molecule has 1 N–H and O–H groups in total. The van der Waals surface area contributed by atoms with Crippen molar-refractivity contribution >= 4 is 39.3 Å². The molecule has 1 aliphatic rings.